The molecule has 1 aromatic rings. The first-order chi connectivity index (χ1) is 7.99. The average molecular weight is 235 g/mol. The van der Waals surface area contributed by atoms with Crippen LogP contribution in [0.25, 0.3) is 0 Å². The highest BCUT2D eigenvalue weighted by atomic mass is 16.3. The second-order valence-electron chi connectivity index (χ2n) is 5.19. The number of aliphatic hydroxyl groups is 1. The monoisotopic (exact) mass is 235 g/mol. The van der Waals surface area contributed by atoms with Gasteiger partial charge in [-0.15, -0.1) is 0 Å². The number of rotatable bonds is 2. The summed E-state index contributed by atoms with van der Waals surface area (Å²) in [5.74, 6) is 0.970. The molecule has 0 bridgehead atoms. The summed E-state index contributed by atoms with van der Waals surface area (Å²) in [7, 11) is 0. The molecule has 1 aliphatic heterocycles. The van der Waals surface area contributed by atoms with Gasteiger partial charge in [-0.3, -0.25) is 0 Å². The van der Waals surface area contributed by atoms with Gasteiger partial charge in [-0.25, -0.2) is 4.98 Å². The Kier molecular flexibility index (Phi) is 3.35. The Balaban J connectivity index is 2.18. The molecular formula is C13H21N3O. The largest absolute Gasteiger partial charge is 0.390 e. The lowest BCUT2D eigenvalue weighted by Crippen LogP contribution is -2.43. The van der Waals surface area contributed by atoms with E-state index < -0.39 is 5.60 Å². The fourth-order valence-corrected chi connectivity index (χ4v) is 2.23. The Hall–Kier alpha value is -1.13. The first-order valence-corrected chi connectivity index (χ1v) is 6.17. The molecule has 2 rings (SSSR count). The van der Waals surface area contributed by atoms with E-state index in [2.05, 4.69) is 9.88 Å². The number of aromatic nitrogens is 1. The van der Waals surface area contributed by atoms with Gasteiger partial charge in [-0.1, -0.05) is 6.07 Å². The minimum absolute atomic E-state index is 0.0128. The summed E-state index contributed by atoms with van der Waals surface area (Å²) in [6.07, 6.45) is 3.36. The van der Waals surface area contributed by atoms with Crippen molar-refractivity contribution >= 4 is 5.82 Å². The fourth-order valence-electron chi connectivity index (χ4n) is 2.23. The van der Waals surface area contributed by atoms with Gasteiger partial charge in [0.15, 0.2) is 0 Å². The van der Waals surface area contributed by atoms with Crippen LogP contribution in [-0.2, 0) is 0 Å². The summed E-state index contributed by atoms with van der Waals surface area (Å²) in [6.45, 7) is 5.54. The van der Waals surface area contributed by atoms with E-state index in [4.69, 9.17) is 5.73 Å². The maximum Gasteiger partial charge on any atom is 0.133 e. The molecule has 0 saturated carbocycles. The van der Waals surface area contributed by atoms with Crippen LogP contribution in [0.5, 0.6) is 0 Å². The van der Waals surface area contributed by atoms with Crippen LogP contribution in [0.2, 0.25) is 0 Å². The third-order valence-corrected chi connectivity index (χ3v) is 3.45. The highest BCUT2D eigenvalue weighted by Crippen LogP contribution is 2.28. The van der Waals surface area contributed by atoms with Gasteiger partial charge in [-0.05, 0) is 32.8 Å². The van der Waals surface area contributed by atoms with Gasteiger partial charge in [0.1, 0.15) is 5.82 Å². The summed E-state index contributed by atoms with van der Waals surface area (Å²) in [5.41, 5.74) is 6.51. The second kappa shape index (κ2) is 4.63. The van der Waals surface area contributed by atoms with Crippen LogP contribution >= 0.6 is 0 Å². The third-order valence-electron chi connectivity index (χ3n) is 3.45. The third kappa shape index (κ3) is 2.76. The van der Waals surface area contributed by atoms with E-state index in [0.29, 0.717) is 0 Å². The first-order valence-electron chi connectivity index (χ1n) is 6.17. The van der Waals surface area contributed by atoms with Crippen LogP contribution in [0, 0.1) is 0 Å². The predicted molar refractivity (Wildman–Crippen MR) is 68.9 cm³/mol. The Morgan fingerprint density at radius 3 is 2.71 bits per heavy atom. The van der Waals surface area contributed by atoms with Crippen LogP contribution in [-0.4, -0.2) is 28.8 Å². The molecular weight excluding hydrogens is 214 g/mol. The SMILES string of the molecule is C[C@H](N)c1cccnc1N1CCC(C)(O)CC1. The van der Waals surface area contributed by atoms with Crippen LogP contribution in [0.15, 0.2) is 18.3 Å². The molecule has 94 valence electrons. The van der Waals surface area contributed by atoms with Crippen molar-refractivity contribution in [1.29, 1.82) is 0 Å². The Morgan fingerprint density at radius 2 is 2.12 bits per heavy atom. The van der Waals surface area contributed by atoms with Gasteiger partial charge in [0.05, 0.1) is 5.60 Å². The zero-order chi connectivity index (χ0) is 12.5. The first kappa shape index (κ1) is 12.3. The number of nitrogens with two attached hydrogens (primary N) is 1. The molecule has 1 atom stereocenters. The van der Waals surface area contributed by atoms with E-state index in [1.165, 1.54) is 0 Å². The number of pyridine rings is 1. The number of anilines is 1. The molecule has 0 unspecified atom stereocenters. The zero-order valence-corrected chi connectivity index (χ0v) is 10.6. The maximum absolute atomic E-state index is 9.95. The van der Waals surface area contributed by atoms with Crippen molar-refractivity contribution in [3.8, 4) is 0 Å². The summed E-state index contributed by atoms with van der Waals surface area (Å²) in [4.78, 5) is 6.65. The molecule has 1 fully saturated rings. The molecule has 4 nitrogen and oxygen atoms in total. The molecule has 1 saturated heterocycles. The standard InChI is InChI=1S/C13H21N3O/c1-10(14)11-4-3-7-15-12(11)16-8-5-13(2,17)6-9-16/h3-4,7,10,17H,5-6,8-9,14H2,1-2H3/t10-/m0/s1. The van der Waals surface area contributed by atoms with Crippen molar-refractivity contribution in [2.75, 3.05) is 18.0 Å². The van der Waals surface area contributed by atoms with Crippen LogP contribution < -0.4 is 10.6 Å². The van der Waals surface area contributed by atoms with Crippen LogP contribution in [0.1, 0.15) is 38.3 Å². The molecule has 2 heterocycles. The molecule has 1 aromatic heterocycles. The maximum atomic E-state index is 9.95. The minimum atomic E-state index is -0.528. The van der Waals surface area contributed by atoms with Crippen molar-refractivity contribution in [2.24, 2.45) is 5.73 Å². The number of hydrogen-bond acceptors (Lipinski definition) is 4. The molecule has 0 spiro atoms. The number of piperidine rings is 1. The highest BCUT2D eigenvalue weighted by molar-refractivity contribution is 5.48. The fraction of sp³-hybridized carbons (Fsp3) is 0.615. The van der Waals surface area contributed by atoms with Gasteiger partial charge >= 0.3 is 0 Å². The van der Waals surface area contributed by atoms with E-state index in [1.807, 2.05) is 26.0 Å². The Morgan fingerprint density at radius 1 is 1.47 bits per heavy atom. The predicted octanol–water partition coefficient (Wildman–Crippen LogP) is 1.45. The number of nitrogens with zero attached hydrogens (tertiary/aromatic N) is 2. The van der Waals surface area contributed by atoms with E-state index >= 15 is 0 Å². The lowest BCUT2D eigenvalue weighted by atomic mass is 9.93. The lowest BCUT2D eigenvalue weighted by Gasteiger charge is -2.37. The Labute approximate surface area is 102 Å². The lowest BCUT2D eigenvalue weighted by molar-refractivity contribution is 0.0350. The molecule has 3 N–H and O–H groups in total. The molecule has 1 aliphatic rings. The van der Waals surface area contributed by atoms with E-state index in [1.54, 1.807) is 6.20 Å². The summed E-state index contributed by atoms with van der Waals surface area (Å²) < 4.78 is 0. The van der Waals surface area contributed by atoms with Crippen molar-refractivity contribution in [2.45, 2.75) is 38.3 Å². The molecule has 0 aromatic carbocycles. The van der Waals surface area contributed by atoms with Gasteiger partial charge in [0, 0.05) is 30.9 Å². The topological polar surface area (TPSA) is 62.4 Å². The Bertz CT molecular complexity index is 380. The van der Waals surface area contributed by atoms with Crippen molar-refractivity contribution in [1.82, 2.24) is 4.98 Å². The van der Waals surface area contributed by atoms with Gasteiger partial charge in [-0.2, -0.15) is 0 Å². The molecule has 0 aliphatic carbocycles. The van der Waals surface area contributed by atoms with Crippen molar-refractivity contribution in [3.63, 3.8) is 0 Å². The second-order valence-corrected chi connectivity index (χ2v) is 5.19. The highest BCUT2D eigenvalue weighted by Gasteiger charge is 2.28. The zero-order valence-electron chi connectivity index (χ0n) is 10.6. The van der Waals surface area contributed by atoms with E-state index in [9.17, 15) is 5.11 Å². The molecule has 17 heavy (non-hydrogen) atoms. The van der Waals surface area contributed by atoms with Crippen LogP contribution in [0.3, 0.4) is 0 Å². The summed E-state index contributed by atoms with van der Waals surface area (Å²) in [5, 5.41) is 9.95. The molecule has 0 radical (unpaired) electrons. The quantitative estimate of drug-likeness (QED) is 0.814. The van der Waals surface area contributed by atoms with Gasteiger partial charge in [0.2, 0.25) is 0 Å². The van der Waals surface area contributed by atoms with E-state index in [-0.39, 0.29) is 6.04 Å². The van der Waals surface area contributed by atoms with Gasteiger partial charge in [0.25, 0.3) is 0 Å². The molecule has 4 heteroatoms. The van der Waals surface area contributed by atoms with Crippen LogP contribution in [0.4, 0.5) is 5.82 Å². The average Bonchev–Trinajstić information content (AvgIpc) is 2.29. The number of hydrogen-bond donors (Lipinski definition) is 2. The van der Waals surface area contributed by atoms with Crippen molar-refractivity contribution < 1.29 is 5.11 Å². The normalized spacial score (nSPS) is 21.3. The van der Waals surface area contributed by atoms with Gasteiger partial charge < -0.3 is 15.7 Å². The summed E-state index contributed by atoms with van der Waals surface area (Å²) >= 11 is 0. The molecule has 0 amide bonds. The van der Waals surface area contributed by atoms with Crippen molar-refractivity contribution in [3.05, 3.63) is 23.9 Å². The minimum Gasteiger partial charge on any atom is -0.390 e. The van der Waals surface area contributed by atoms with E-state index in [0.717, 1.165) is 37.3 Å². The smallest absolute Gasteiger partial charge is 0.133 e. The summed E-state index contributed by atoms with van der Waals surface area (Å²) in [6, 6.07) is 3.93.